The SMILES string of the molecule is Nc1ncc(Br)nc1C(=O)Nc1ncccc1N1CCC(N)CC1. The van der Waals surface area contributed by atoms with Crippen molar-refractivity contribution in [3.8, 4) is 0 Å². The summed E-state index contributed by atoms with van der Waals surface area (Å²) >= 11 is 3.19. The molecule has 2 aromatic rings. The molecule has 0 bridgehead atoms. The summed E-state index contributed by atoms with van der Waals surface area (Å²) in [4.78, 5) is 26.9. The van der Waals surface area contributed by atoms with E-state index < -0.39 is 5.91 Å². The van der Waals surface area contributed by atoms with Crippen LogP contribution in [0.1, 0.15) is 23.3 Å². The maximum atomic E-state index is 12.5. The van der Waals surface area contributed by atoms with Crippen LogP contribution in [0.3, 0.4) is 0 Å². The third-order valence-electron chi connectivity index (χ3n) is 3.89. The molecule has 24 heavy (non-hydrogen) atoms. The number of rotatable bonds is 3. The average molecular weight is 392 g/mol. The fourth-order valence-corrected chi connectivity index (χ4v) is 2.88. The van der Waals surface area contributed by atoms with Gasteiger partial charge in [-0.3, -0.25) is 4.79 Å². The summed E-state index contributed by atoms with van der Waals surface area (Å²) in [6.45, 7) is 1.66. The molecule has 9 heteroatoms. The molecule has 1 saturated heterocycles. The zero-order valence-electron chi connectivity index (χ0n) is 12.9. The summed E-state index contributed by atoms with van der Waals surface area (Å²) in [5, 5.41) is 2.78. The van der Waals surface area contributed by atoms with Crippen LogP contribution >= 0.6 is 15.9 Å². The highest BCUT2D eigenvalue weighted by molar-refractivity contribution is 9.10. The van der Waals surface area contributed by atoms with Crippen LogP contribution in [0.2, 0.25) is 0 Å². The van der Waals surface area contributed by atoms with E-state index in [-0.39, 0.29) is 17.6 Å². The lowest BCUT2D eigenvalue weighted by atomic mass is 10.1. The number of hydrogen-bond acceptors (Lipinski definition) is 7. The number of aromatic nitrogens is 3. The summed E-state index contributed by atoms with van der Waals surface area (Å²) in [5.74, 6) is 0.0891. The Morgan fingerprint density at radius 1 is 1.33 bits per heavy atom. The van der Waals surface area contributed by atoms with Crippen LogP contribution in [0.15, 0.2) is 29.1 Å². The summed E-state index contributed by atoms with van der Waals surface area (Å²) in [6, 6.07) is 4.00. The Hall–Kier alpha value is -2.26. The van der Waals surface area contributed by atoms with E-state index in [1.54, 1.807) is 6.20 Å². The fourth-order valence-electron chi connectivity index (χ4n) is 2.60. The number of halogens is 1. The first-order chi connectivity index (χ1) is 11.5. The Balaban J connectivity index is 1.82. The van der Waals surface area contributed by atoms with Crippen LogP contribution < -0.4 is 21.7 Å². The molecule has 0 unspecified atom stereocenters. The van der Waals surface area contributed by atoms with E-state index >= 15 is 0 Å². The van der Waals surface area contributed by atoms with Gasteiger partial charge in [-0.1, -0.05) is 0 Å². The predicted molar refractivity (Wildman–Crippen MR) is 95.8 cm³/mol. The van der Waals surface area contributed by atoms with Gasteiger partial charge in [0.25, 0.3) is 5.91 Å². The Bertz CT molecular complexity index is 746. The van der Waals surface area contributed by atoms with Gasteiger partial charge < -0.3 is 21.7 Å². The van der Waals surface area contributed by atoms with Crippen molar-refractivity contribution in [1.29, 1.82) is 0 Å². The Morgan fingerprint density at radius 3 is 2.83 bits per heavy atom. The fraction of sp³-hybridized carbons (Fsp3) is 0.333. The third kappa shape index (κ3) is 3.62. The third-order valence-corrected chi connectivity index (χ3v) is 4.27. The van der Waals surface area contributed by atoms with Gasteiger partial charge in [-0.2, -0.15) is 0 Å². The number of pyridine rings is 1. The van der Waals surface area contributed by atoms with E-state index in [9.17, 15) is 4.79 Å². The number of anilines is 3. The molecule has 1 aliphatic rings. The highest BCUT2D eigenvalue weighted by atomic mass is 79.9. The van der Waals surface area contributed by atoms with Crippen molar-refractivity contribution in [2.75, 3.05) is 29.0 Å². The zero-order valence-corrected chi connectivity index (χ0v) is 14.5. The van der Waals surface area contributed by atoms with Gasteiger partial charge in [0.2, 0.25) is 0 Å². The molecule has 0 radical (unpaired) electrons. The Kier molecular flexibility index (Phi) is 4.91. The lowest BCUT2D eigenvalue weighted by Gasteiger charge is -2.32. The lowest BCUT2D eigenvalue weighted by molar-refractivity contribution is 0.102. The van der Waals surface area contributed by atoms with Crippen molar-refractivity contribution in [1.82, 2.24) is 15.0 Å². The van der Waals surface area contributed by atoms with E-state index in [0.29, 0.717) is 10.4 Å². The summed E-state index contributed by atoms with van der Waals surface area (Å²) < 4.78 is 0.438. The number of carbonyl (C=O) groups excluding carboxylic acids is 1. The van der Waals surface area contributed by atoms with Crippen molar-refractivity contribution in [2.45, 2.75) is 18.9 Å². The minimum Gasteiger partial charge on any atom is -0.382 e. The van der Waals surface area contributed by atoms with Crippen molar-refractivity contribution >= 4 is 39.2 Å². The standard InChI is InChI=1S/C15H18BrN7O/c16-11-8-20-13(18)12(21-11)15(24)22-14-10(2-1-5-19-14)23-6-3-9(17)4-7-23/h1-2,5,8-9H,3-4,6-7,17H2,(H2,18,20)(H,19,22,24). The maximum absolute atomic E-state index is 12.5. The number of amides is 1. The van der Waals surface area contributed by atoms with Crippen LogP contribution in [0.5, 0.6) is 0 Å². The number of nitrogens with one attached hydrogen (secondary N) is 1. The Labute approximate surface area is 147 Å². The van der Waals surface area contributed by atoms with E-state index in [2.05, 4.69) is 41.1 Å². The molecule has 3 rings (SSSR count). The molecule has 1 amide bonds. The average Bonchev–Trinajstić information content (AvgIpc) is 2.58. The number of piperidine rings is 1. The quantitative estimate of drug-likeness (QED) is 0.721. The van der Waals surface area contributed by atoms with Gasteiger partial charge in [-0.05, 0) is 40.9 Å². The van der Waals surface area contributed by atoms with E-state index in [0.717, 1.165) is 31.6 Å². The molecule has 5 N–H and O–H groups in total. The van der Waals surface area contributed by atoms with Gasteiger partial charge in [0.1, 0.15) is 4.60 Å². The molecule has 3 heterocycles. The number of carbonyl (C=O) groups is 1. The van der Waals surface area contributed by atoms with Gasteiger partial charge in [0, 0.05) is 25.3 Å². The number of hydrogen-bond donors (Lipinski definition) is 3. The van der Waals surface area contributed by atoms with Crippen LogP contribution in [0, 0.1) is 0 Å². The second-order valence-electron chi connectivity index (χ2n) is 5.58. The van der Waals surface area contributed by atoms with Gasteiger partial charge in [0.15, 0.2) is 17.3 Å². The molecule has 1 fully saturated rings. The van der Waals surface area contributed by atoms with Crippen LogP contribution in [-0.4, -0.2) is 40.0 Å². The van der Waals surface area contributed by atoms with Crippen LogP contribution in [-0.2, 0) is 0 Å². The highest BCUT2D eigenvalue weighted by Gasteiger charge is 2.21. The van der Waals surface area contributed by atoms with Gasteiger partial charge in [-0.25, -0.2) is 15.0 Å². The highest BCUT2D eigenvalue weighted by Crippen LogP contribution is 2.26. The van der Waals surface area contributed by atoms with E-state index in [4.69, 9.17) is 11.5 Å². The van der Waals surface area contributed by atoms with Crippen molar-refractivity contribution in [2.24, 2.45) is 5.73 Å². The monoisotopic (exact) mass is 391 g/mol. The number of nitrogens with zero attached hydrogens (tertiary/aromatic N) is 4. The largest absolute Gasteiger partial charge is 0.382 e. The first kappa shape index (κ1) is 16.6. The van der Waals surface area contributed by atoms with Crippen LogP contribution in [0.25, 0.3) is 0 Å². The maximum Gasteiger partial charge on any atom is 0.279 e. The van der Waals surface area contributed by atoms with Gasteiger partial charge in [0.05, 0.1) is 11.9 Å². The number of nitrogen functional groups attached to an aromatic ring is 1. The zero-order chi connectivity index (χ0) is 17.1. The van der Waals surface area contributed by atoms with Crippen molar-refractivity contribution < 1.29 is 4.79 Å². The minimum absolute atomic E-state index is 0.0571. The van der Waals surface area contributed by atoms with Gasteiger partial charge >= 0.3 is 0 Å². The minimum atomic E-state index is -0.449. The molecule has 1 aliphatic heterocycles. The molecule has 8 nitrogen and oxygen atoms in total. The molecule has 2 aromatic heterocycles. The molecular formula is C15H18BrN7O. The first-order valence-electron chi connectivity index (χ1n) is 7.59. The second-order valence-corrected chi connectivity index (χ2v) is 6.39. The van der Waals surface area contributed by atoms with Crippen molar-refractivity contribution in [3.05, 3.63) is 34.8 Å². The summed E-state index contributed by atoms with van der Waals surface area (Å²) in [6.07, 6.45) is 4.89. The molecule has 0 spiro atoms. The topological polar surface area (TPSA) is 123 Å². The van der Waals surface area contributed by atoms with Gasteiger partial charge in [-0.15, -0.1) is 0 Å². The first-order valence-corrected chi connectivity index (χ1v) is 8.39. The normalized spacial score (nSPS) is 15.3. The molecule has 0 aliphatic carbocycles. The Morgan fingerprint density at radius 2 is 2.08 bits per heavy atom. The lowest BCUT2D eigenvalue weighted by Crippen LogP contribution is -2.40. The van der Waals surface area contributed by atoms with Crippen LogP contribution in [0.4, 0.5) is 17.3 Å². The summed E-state index contributed by atoms with van der Waals surface area (Å²) in [5.41, 5.74) is 12.6. The van der Waals surface area contributed by atoms with E-state index in [1.165, 1.54) is 6.20 Å². The summed E-state index contributed by atoms with van der Waals surface area (Å²) in [7, 11) is 0. The number of nitrogens with two attached hydrogens (primary N) is 2. The predicted octanol–water partition coefficient (Wildman–Crippen LogP) is 1.40. The molecular weight excluding hydrogens is 374 g/mol. The second kappa shape index (κ2) is 7.10. The molecule has 0 aromatic carbocycles. The van der Waals surface area contributed by atoms with E-state index in [1.807, 2.05) is 12.1 Å². The molecule has 0 saturated carbocycles. The molecule has 126 valence electrons. The molecule has 0 atom stereocenters. The van der Waals surface area contributed by atoms with Crippen molar-refractivity contribution in [3.63, 3.8) is 0 Å². The smallest absolute Gasteiger partial charge is 0.279 e.